The molecule has 15 rings (SSSR count). The molecule has 0 aromatic carbocycles. The zero-order chi connectivity index (χ0) is 60.2. The third-order valence-corrected chi connectivity index (χ3v) is 22.7. The van der Waals surface area contributed by atoms with Gasteiger partial charge in [0, 0.05) is 60.7 Å². The van der Waals surface area contributed by atoms with Crippen LogP contribution in [-0.4, -0.2) is 127 Å². The third kappa shape index (κ3) is 10.7. The Hall–Kier alpha value is -3.66. The first-order chi connectivity index (χ1) is 40.3. The lowest BCUT2D eigenvalue weighted by Crippen LogP contribution is -2.74. The summed E-state index contributed by atoms with van der Waals surface area (Å²) in [4.78, 5) is 117. The van der Waals surface area contributed by atoms with Gasteiger partial charge in [-0.1, -0.05) is 48.5 Å². The first-order valence-electron chi connectivity index (χ1n) is 31.6. The molecule has 1 amide bonds. The van der Waals surface area contributed by atoms with E-state index in [9.17, 15) is 28.8 Å². The van der Waals surface area contributed by atoms with Crippen LogP contribution in [0, 0.1) is 70.5 Å². The molecule has 3 spiro atoms. The molecule has 24 heteroatoms. The zero-order valence-electron chi connectivity index (χ0n) is 50.9. The molecule has 24 nitrogen and oxygen atoms in total. The number of nitrogens with one attached hydrogen (secondary N) is 1. The van der Waals surface area contributed by atoms with Crippen molar-refractivity contribution in [3.63, 3.8) is 0 Å². The molecule has 12 saturated heterocycles. The second-order valence-electron chi connectivity index (χ2n) is 28.0. The van der Waals surface area contributed by atoms with E-state index < -0.39 is 139 Å². The quantitative estimate of drug-likeness (QED) is 0.0836. The Morgan fingerprint density at radius 3 is 1.46 bits per heavy atom. The highest BCUT2D eigenvalue weighted by molar-refractivity contribution is 5.81. The molecule has 3 aliphatic carbocycles. The monoisotopic (exact) mass is 1200 g/mol. The van der Waals surface area contributed by atoms with Crippen LogP contribution >= 0.6 is 0 Å². The zero-order valence-corrected chi connectivity index (χ0v) is 50.9. The van der Waals surface area contributed by atoms with E-state index in [2.05, 4.69) is 33.0 Å². The van der Waals surface area contributed by atoms with Crippen molar-refractivity contribution >= 4 is 35.8 Å². The highest BCUT2D eigenvalue weighted by Gasteiger charge is 2.76. The van der Waals surface area contributed by atoms with Crippen molar-refractivity contribution in [2.24, 2.45) is 70.5 Å². The average molecular weight is 1200 g/mol. The van der Waals surface area contributed by atoms with E-state index in [4.69, 9.17) is 81.4 Å². The van der Waals surface area contributed by atoms with Crippen molar-refractivity contribution in [3.05, 3.63) is 0 Å². The summed E-state index contributed by atoms with van der Waals surface area (Å²) in [7, 11) is 0. The van der Waals surface area contributed by atoms with E-state index in [1.165, 1.54) is 0 Å². The summed E-state index contributed by atoms with van der Waals surface area (Å²) in [6.07, 6.45) is 0.580. The molecule has 12 heterocycles. The molecule has 15 fully saturated rings. The van der Waals surface area contributed by atoms with Gasteiger partial charge in [0.05, 0.1) is 38.6 Å². The van der Waals surface area contributed by atoms with E-state index >= 15 is 0 Å². The molecule has 25 atom stereocenters. The van der Waals surface area contributed by atoms with Crippen LogP contribution in [0.4, 0.5) is 0 Å². The largest absolute Gasteiger partial charge is 0.462 e. The summed E-state index contributed by atoms with van der Waals surface area (Å²) in [6, 6.07) is 0. The van der Waals surface area contributed by atoms with Gasteiger partial charge in [-0.15, -0.1) is 0 Å². The summed E-state index contributed by atoms with van der Waals surface area (Å²) in [5.41, 5.74) is -3.16. The van der Waals surface area contributed by atoms with Gasteiger partial charge in [0.2, 0.25) is 42.1 Å². The maximum absolute atomic E-state index is 13.5. The molecule has 476 valence electrons. The minimum absolute atomic E-state index is 0.0895. The van der Waals surface area contributed by atoms with Crippen LogP contribution in [0.2, 0.25) is 0 Å². The van der Waals surface area contributed by atoms with Crippen molar-refractivity contribution in [2.75, 3.05) is 13.2 Å². The smallest absolute Gasteiger partial charge is 0.308 e. The number of hydrogen-bond donors (Lipinski definition) is 1. The van der Waals surface area contributed by atoms with Gasteiger partial charge in [0.15, 0.2) is 41.8 Å². The Morgan fingerprint density at radius 1 is 0.459 bits per heavy atom. The van der Waals surface area contributed by atoms with E-state index in [1.54, 1.807) is 6.92 Å². The topological polar surface area (TPSA) is 271 Å². The van der Waals surface area contributed by atoms with Gasteiger partial charge in [-0.05, 0) is 114 Å². The normalized spacial score (nSPS) is 48.3. The Morgan fingerprint density at radius 2 is 0.906 bits per heavy atom. The van der Waals surface area contributed by atoms with E-state index in [0.29, 0.717) is 37.0 Å². The number of ether oxygens (including phenoxy) is 11. The lowest BCUT2D eigenvalue weighted by molar-refractivity contribution is -0.586. The SMILES string of the molecule is C[C@H]1[C@H](OC(=O)CCC(=O)OCC(CNC(=O)CCC(=O)O[C@@H]2O[C@@H]3O[C@@]4(C)CC[C@H]5[C@H](C)CC[C@@](C)([C@H]2C)[C@@]35OO4)OC(=O)CCC(=O)O[C@@H]2O[C@@H]3O[C@@]4(C)CC[C@H]5[C@H](C)CC[C@@H]([C@H]2C)[C@@]35OO4)O[C@@H]2O[C@@]3(C)CC[C@H]4[C@H](C)CC[C@@H]1[C@@]24OO3. The number of esters is 5. The summed E-state index contributed by atoms with van der Waals surface area (Å²) in [6.45, 7) is 19.1. The van der Waals surface area contributed by atoms with Gasteiger partial charge >= 0.3 is 29.8 Å². The van der Waals surface area contributed by atoms with Gasteiger partial charge in [-0.3, -0.25) is 28.8 Å². The van der Waals surface area contributed by atoms with Crippen molar-refractivity contribution in [1.82, 2.24) is 5.32 Å². The lowest BCUT2D eigenvalue weighted by Gasteiger charge is -2.65. The maximum Gasteiger partial charge on any atom is 0.308 e. The number of carbonyl (C=O) groups is 6. The first kappa shape index (κ1) is 61.6. The van der Waals surface area contributed by atoms with E-state index in [1.807, 2.05) is 34.6 Å². The van der Waals surface area contributed by atoms with Crippen LogP contribution in [-0.2, 0) is 110 Å². The molecular formula is C61H89NO23. The molecule has 0 radical (unpaired) electrons. The molecule has 1 N–H and O–H groups in total. The highest BCUT2D eigenvalue weighted by Crippen LogP contribution is 2.67. The standard InChI is InChI=1S/C61H89NO23/c1-31-11-13-41-34(4)49(74-52-59(41)38(31)22-26-56(8,77-52)80-83-59)71-47(67)18-17-44(64)69-30-37(70-45(65)19-20-48(68)72-50-35(5)42-14-12-32(2)39-23-27-57(9)78-53(75-50)60(39,42)84-81-57)29-62-43(63)15-16-46(66)73-51-36(6)55(7)25-21-33(3)40-24-28-58(10)79-54(76-51)61(40,55)85-82-58/h31-42,49-54H,11-30H2,1-10H3,(H,62,63)/t31-,32-,33-,34-,35-,36+,37?,38+,39+,40+,41+,42+,49-,50-,51-,52-,53-,54-,55+,56-,57-,58-,59-,60-,61+/m1/s1. The van der Waals surface area contributed by atoms with Crippen LogP contribution in [0.1, 0.15) is 185 Å². The Kier molecular flexibility index (Phi) is 16.6. The fourth-order valence-electron chi connectivity index (χ4n) is 17.5. The van der Waals surface area contributed by atoms with E-state index in [0.717, 1.165) is 57.8 Å². The average Bonchev–Trinajstić information content (AvgIpc) is 1.77. The minimum Gasteiger partial charge on any atom is -0.462 e. The number of rotatable bonds is 17. The Balaban J connectivity index is 0.648. The predicted molar refractivity (Wildman–Crippen MR) is 285 cm³/mol. The lowest BCUT2D eigenvalue weighted by atomic mass is 9.50. The van der Waals surface area contributed by atoms with Crippen molar-refractivity contribution in [3.8, 4) is 0 Å². The Bertz CT molecular complexity index is 2570. The van der Waals surface area contributed by atoms with Crippen LogP contribution in [0.3, 0.4) is 0 Å². The van der Waals surface area contributed by atoms with Gasteiger partial charge in [-0.2, -0.15) is 0 Å². The third-order valence-electron chi connectivity index (χ3n) is 22.7. The molecule has 85 heavy (non-hydrogen) atoms. The fourth-order valence-corrected chi connectivity index (χ4v) is 17.5. The Labute approximate surface area is 496 Å². The molecule has 0 aromatic rings. The van der Waals surface area contributed by atoms with Crippen molar-refractivity contribution in [2.45, 2.75) is 263 Å². The second-order valence-corrected chi connectivity index (χ2v) is 28.0. The van der Waals surface area contributed by atoms with Crippen LogP contribution in [0.5, 0.6) is 0 Å². The van der Waals surface area contributed by atoms with Crippen LogP contribution in [0.25, 0.3) is 0 Å². The number of hydrogen-bond acceptors (Lipinski definition) is 23. The maximum atomic E-state index is 13.5. The first-order valence-corrected chi connectivity index (χ1v) is 31.6. The summed E-state index contributed by atoms with van der Waals surface area (Å²) in [5.74, 6) is -7.21. The molecule has 6 bridgehead atoms. The van der Waals surface area contributed by atoms with Crippen LogP contribution in [0.15, 0.2) is 0 Å². The molecule has 15 aliphatic rings. The highest BCUT2D eigenvalue weighted by atomic mass is 17.3. The molecule has 1 unspecified atom stereocenters. The molecule has 0 aromatic heterocycles. The molecule has 3 saturated carbocycles. The van der Waals surface area contributed by atoms with Crippen molar-refractivity contribution < 1.29 is 110 Å². The van der Waals surface area contributed by atoms with Crippen LogP contribution < -0.4 is 5.32 Å². The van der Waals surface area contributed by atoms with Gasteiger partial charge in [0.1, 0.15) is 6.61 Å². The van der Waals surface area contributed by atoms with Crippen molar-refractivity contribution in [1.29, 1.82) is 0 Å². The predicted octanol–water partition coefficient (Wildman–Crippen LogP) is 7.54. The van der Waals surface area contributed by atoms with E-state index in [-0.39, 0.29) is 79.6 Å². The fraction of sp³-hybridized carbons (Fsp3) is 0.902. The second kappa shape index (κ2) is 23.0. The summed E-state index contributed by atoms with van der Waals surface area (Å²) < 4.78 is 67.5. The number of amides is 1. The van der Waals surface area contributed by atoms with Gasteiger partial charge in [-0.25, -0.2) is 29.3 Å². The number of fused-ring (bicyclic) bond motifs is 6. The van der Waals surface area contributed by atoms with Gasteiger partial charge < -0.3 is 57.4 Å². The summed E-state index contributed by atoms with van der Waals surface area (Å²) >= 11 is 0. The van der Waals surface area contributed by atoms with Gasteiger partial charge in [0.25, 0.3) is 0 Å². The molecular weight excluding hydrogens is 1110 g/mol. The summed E-state index contributed by atoms with van der Waals surface area (Å²) in [5, 5.41) is 2.67. The minimum atomic E-state index is -1.26. The number of carbonyl (C=O) groups excluding carboxylic acids is 6. The molecule has 12 aliphatic heterocycles.